The molecule has 5 nitrogen and oxygen atoms in total. The lowest BCUT2D eigenvalue weighted by Gasteiger charge is -2.39. The number of alkyl halides is 2. The summed E-state index contributed by atoms with van der Waals surface area (Å²) in [7, 11) is 0. The van der Waals surface area contributed by atoms with Crippen LogP contribution in [0.25, 0.3) is 0 Å². The Bertz CT molecular complexity index is 684. The number of nitrogens with two attached hydrogens (primary N) is 1. The number of nitrogens with zero attached hydrogens (tertiary/aromatic N) is 2. The molecule has 0 radical (unpaired) electrons. The molecule has 1 aromatic rings. The Morgan fingerprint density at radius 3 is 2.52 bits per heavy atom. The molecule has 150 valence electrons. The van der Waals surface area contributed by atoms with Gasteiger partial charge in [-0.1, -0.05) is 25.5 Å². The van der Waals surface area contributed by atoms with Crippen LogP contribution in [0.4, 0.5) is 23.2 Å². The minimum atomic E-state index is -3.64. The van der Waals surface area contributed by atoms with Crippen molar-refractivity contribution in [1.82, 2.24) is 0 Å². The van der Waals surface area contributed by atoms with Crippen molar-refractivity contribution in [3.8, 4) is 0 Å². The van der Waals surface area contributed by atoms with Crippen molar-refractivity contribution in [3.63, 3.8) is 0 Å². The van der Waals surface area contributed by atoms with E-state index in [9.17, 15) is 17.6 Å². The third kappa shape index (κ3) is 5.57. The highest BCUT2D eigenvalue weighted by molar-refractivity contribution is 5.37. The van der Waals surface area contributed by atoms with Crippen LogP contribution in [-0.4, -0.2) is 37.5 Å². The fourth-order valence-electron chi connectivity index (χ4n) is 2.61. The van der Waals surface area contributed by atoms with Crippen molar-refractivity contribution in [1.29, 1.82) is 0 Å². The Balaban J connectivity index is 2.28. The van der Waals surface area contributed by atoms with Gasteiger partial charge in [0.1, 0.15) is 11.5 Å². The average molecular weight is 389 g/mol. The average Bonchev–Trinajstić information content (AvgIpc) is 2.60. The molecule has 0 heterocycles. The first kappa shape index (κ1) is 21.5. The SMILES string of the molecule is CCCCOC1(OCCN)C=C(F)C(N=Nc2ccccc2F)C(F)(F)C1. The summed E-state index contributed by atoms with van der Waals surface area (Å²) in [4.78, 5) is 0. The zero-order chi connectivity index (χ0) is 19.9. The standard InChI is InChI=1S/C18H23F4N3O2/c1-2-3-9-26-17(27-10-8-23)11-14(20)16(18(21,22)12-17)25-24-15-7-5-4-6-13(15)19/h4-7,11,16H,2-3,8-10,12,23H2,1H3. The van der Waals surface area contributed by atoms with Gasteiger partial charge in [0.2, 0.25) is 0 Å². The number of unbranched alkanes of at least 4 members (excludes halogenated alkanes) is 1. The van der Waals surface area contributed by atoms with Gasteiger partial charge in [-0.25, -0.2) is 17.6 Å². The summed E-state index contributed by atoms with van der Waals surface area (Å²) in [6, 6.07) is 3.06. The molecular weight excluding hydrogens is 366 g/mol. The molecule has 0 bridgehead atoms. The van der Waals surface area contributed by atoms with Crippen LogP contribution >= 0.6 is 0 Å². The van der Waals surface area contributed by atoms with E-state index in [0.717, 1.165) is 18.6 Å². The fourth-order valence-corrected chi connectivity index (χ4v) is 2.61. The topological polar surface area (TPSA) is 69.2 Å². The Hall–Kier alpha value is -1.84. The van der Waals surface area contributed by atoms with Crippen molar-refractivity contribution < 1.29 is 27.0 Å². The maximum atomic E-state index is 14.6. The van der Waals surface area contributed by atoms with Gasteiger partial charge in [-0.3, -0.25) is 0 Å². The summed E-state index contributed by atoms with van der Waals surface area (Å²) in [5, 5.41) is 6.79. The Labute approximate surface area is 155 Å². The summed E-state index contributed by atoms with van der Waals surface area (Å²) in [5.74, 6) is -7.56. The molecule has 9 heteroatoms. The lowest BCUT2D eigenvalue weighted by Crippen LogP contribution is -2.50. The zero-order valence-corrected chi connectivity index (χ0v) is 15.0. The number of ether oxygens (including phenoxy) is 2. The Morgan fingerprint density at radius 2 is 1.89 bits per heavy atom. The van der Waals surface area contributed by atoms with E-state index in [0.29, 0.717) is 6.42 Å². The second-order valence-electron chi connectivity index (χ2n) is 6.19. The van der Waals surface area contributed by atoms with Gasteiger partial charge < -0.3 is 15.2 Å². The summed E-state index contributed by atoms with van der Waals surface area (Å²) in [6.45, 7) is 2.02. The molecule has 1 aliphatic rings. The van der Waals surface area contributed by atoms with Crippen LogP contribution in [0.5, 0.6) is 0 Å². The Kier molecular flexibility index (Phi) is 7.46. The fraction of sp³-hybridized carbons (Fsp3) is 0.556. The molecule has 0 aliphatic heterocycles. The third-order valence-electron chi connectivity index (χ3n) is 3.94. The first-order valence-corrected chi connectivity index (χ1v) is 8.73. The molecular formula is C18H23F4N3O2. The van der Waals surface area contributed by atoms with Crippen LogP contribution < -0.4 is 5.73 Å². The van der Waals surface area contributed by atoms with E-state index in [2.05, 4.69) is 10.2 Å². The summed E-state index contributed by atoms with van der Waals surface area (Å²) in [5.41, 5.74) is 5.11. The predicted octanol–water partition coefficient (Wildman–Crippen LogP) is 4.66. The van der Waals surface area contributed by atoms with Crippen molar-refractivity contribution in [2.45, 2.75) is 43.9 Å². The summed E-state index contributed by atoms with van der Waals surface area (Å²) < 4.78 is 68.1. The van der Waals surface area contributed by atoms with Gasteiger partial charge in [-0.15, -0.1) is 0 Å². The van der Waals surface area contributed by atoms with Gasteiger partial charge in [0, 0.05) is 12.6 Å². The molecule has 1 aliphatic carbocycles. The van der Waals surface area contributed by atoms with E-state index < -0.39 is 35.8 Å². The normalized spacial score (nSPS) is 25.0. The van der Waals surface area contributed by atoms with Crippen LogP contribution in [0.15, 0.2) is 46.4 Å². The molecule has 0 saturated heterocycles. The van der Waals surface area contributed by atoms with Crippen LogP contribution in [0.1, 0.15) is 26.2 Å². The first-order valence-electron chi connectivity index (χ1n) is 8.73. The molecule has 2 atom stereocenters. The third-order valence-corrected chi connectivity index (χ3v) is 3.94. The highest BCUT2D eigenvalue weighted by Gasteiger charge is 2.55. The van der Waals surface area contributed by atoms with Crippen LogP contribution in [0.3, 0.4) is 0 Å². The van der Waals surface area contributed by atoms with Gasteiger partial charge in [0.05, 0.1) is 19.6 Å². The van der Waals surface area contributed by atoms with Crippen LogP contribution in [-0.2, 0) is 9.47 Å². The number of halogens is 4. The lowest BCUT2D eigenvalue weighted by molar-refractivity contribution is -0.246. The van der Waals surface area contributed by atoms with Gasteiger partial charge in [-0.2, -0.15) is 10.2 Å². The van der Waals surface area contributed by atoms with Crippen molar-refractivity contribution in [3.05, 3.63) is 42.0 Å². The highest BCUT2D eigenvalue weighted by atomic mass is 19.3. The number of benzene rings is 1. The van der Waals surface area contributed by atoms with Crippen LogP contribution in [0.2, 0.25) is 0 Å². The summed E-state index contributed by atoms with van der Waals surface area (Å²) >= 11 is 0. The lowest BCUT2D eigenvalue weighted by atomic mass is 9.92. The van der Waals surface area contributed by atoms with E-state index in [1.807, 2.05) is 6.92 Å². The molecule has 0 aromatic heterocycles. The second-order valence-corrected chi connectivity index (χ2v) is 6.19. The van der Waals surface area contributed by atoms with Gasteiger partial charge >= 0.3 is 0 Å². The zero-order valence-electron chi connectivity index (χ0n) is 15.0. The quantitative estimate of drug-likeness (QED) is 0.289. The predicted molar refractivity (Wildman–Crippen MR) is 92.1 cm³/mol. The molecule has 2 rings (SSSR count). The van der Waals surface area contributed by atoms with Crippen LogP contribution in [0, 0.1) is 5.82 Å². The van der Waals surface area contributed by atoms with Gasteiger partial charge in [0.15, 0.2) is 17.6 Å². The molecule has 0 saturated carbocycles. The molecule has 1 aromatic carbocycles. The summed E-state index contributed by atoms with van der Waals surface area (Å²) in [6.07, 6.45) is 1.28. The number of rotatable bonds is 9. The molecule has 27 heavy (non-hydrogen) atoms. The minimum Gasteiger partial charge on any atom is -0.346 e. The van der Waals surface area contributed by atoms with Crippen molar-refractivity contribution in [2.75, 3.05) is 19.8 Å². The maximum Gasteiger partial charge on any atom is 0.283 e. The second kappa shape index (κ2) is 9.38. The molecule has 0 amide bonds. The van der Waals surface area contributed by atoms with E-state index in [1.165, 1.54) is 18.2 Å². The van der Waals surface area contributed by atoms with Crippen molar-refractivity contribution in [2.24, 2.45) is 16.0 Å². The largest absolute Gasteiger partial charge is 0.346 e. The molecule has 0 spiro atoms. The molecule has 0 fully saturated rings. The van der Waals surface area contributed by atoms with E-state index in [4.69, 9.17) is 15.2 Å². The van der Waals surface area contributed by atoms with Gasteiger partial charge in [-0.05, 0) is 18.6 Å². The smallest absolute Gasteiger partial charge is 0.283 e. The van der Waals surface area contributed by atoms with E-state index >= 15 is 0 Å². The van der Waals surface area contributed by atoms with E-state index in [-0.39, 0.29) is 25.4 Å². The molecule has 2 unspecified atom stereocenters. The Morgan fingerprint density at radius 1 is 1.19 bits per heavy atom. The maximum absolute atomic E-state index is 14.6. The number of hydrogen-bond donors (Lipinski definition) is 1. The molecule has 2 N–H and O–H groups in total. The monoisotopic (exact) mass is 389 g/mol. The van der Waals surface area contributed by atoms with Crippen molar-refractivity contribution >= 4 is 5.69 Å². The minimum absolute atomic E-state index is 0.0658. The van der Waals surface area contributed by atoms with E-state index in [1.54, 1.807) is 0 Å². The first-order chi connectivity index (χ1) is 12.8. The van der Waals surface area contributed by atoms with Gasteiger partial charge in [0.25, 0.3) is 5.92 Å². The number of azo groups is 1. The highest BCUT2D eigenvalue weighted by Crippen LogP contribution is 2.43. The number of hydrogen-bond acceptors (Lipinski definition) is 5.